The van der Waals surface area contributed by atoms with Crippen molar-refractivity contribution in [3.8, 4) is 10.4 Å². The molecule has 4 nitrogen and oxygen atoms in total. The first-order valence-electron chi connectivity index (χ1n) is 7.06. The van der Waals surface area contributed by atoms with Gasteiger partial charge in [-0.2, -0.15) is 0 Å². The lowest BCUT2D eigenvalue weighted by atomic mass is 10.1. The summed E-state index contributed by atoms with van der Waals surface area (Å²) in [6.45, 7) is 5.38. The Kier molecular flexibility index (Phi) is 5.49. The summed E-state index contributed by atoms with van der Waals surface area (Å²) in [5.41, 5.74) is 0.911. The van der Waals surface area contributed by atoms with E-state index >= 15 is 0 Å². The van der Waals surface area contributed by atoms with Crippen LogP contribution >= 0.6 is 23.1 Å². The van der Waals surface area contributed by atoms with E-state index in [-0.39, 0.29) is 0 Å². The fourth-order valence-corrected chi connectivity index (χ4v) is 3.70. The zero-order valence-corrected chi connectivity index (χ0v) is 15.1. The minimum absolute atomic E-state index is 0.451. The smallest absolute Gasteiger partial charge is 0.412 e. The molecule has 2 aromatic rings. The monoisotopic (exact) mass is 349 g/mol. The second-order valence-corrected chi connectivity index (χ2v) is 7.74. The van der Waals surface area contributed by atoms with E-state index < -0.39 is 11.7 Å². The van der Waals surface area contributed by atoms with Crippen LogP contribution in [-0.4, -0.2) is 24.2 Å². The second-order valence-electron chi connectivity index (χ2n) is 5.84. The van der Waals surface area contributed by atoms with Gasteiger partial charge in [0.15, 0.2) is 6.29 Å². The van der Waals surface area contributed by atoms with Gasteiger partial charge in [0.2, 0.25) is 0 Å². The third-order valence-electron chi connectivity index (χ3n) is 2.87. The Balaban J connectivity index is 2.31. The van der Waals surface area contributed by atoms with E-state index in [2.05, 4.69) is 5.32 Å². The van der Waals surface area contributed by atoms with Crippen molar-refractivity contribution in [2.24, 2.45) is 0 Å². The van der Waals surface area contributed by atoms with Crippen LogP contribution < -0.4 is 5.32 Å². The number of benzene rings is 1. The molecule has 0 saturated heterocycles. The lowest BCUT2D eigenvalue weighted by Crippen LogP contribution is -2.27. The molecule has 0 fully saturated rings. The molecule has 6 heteroatoms. The summed E-state index contributed by atoms with van der Waals surface area (Å²) >= 11 is 3.01. The summed E-state index contributed by atoms with van der Waals surface area (Å²) in [6, 6.07) is 9.75. The molecule has 0 unspecified atom stereocenters. The maximum Gasteiger partial charge on any atom is 0.412 e. The molecule has 0 aliphatic heterocycles. The first-order chi connectivity index (χ1) is 10.8. The van der Waals surface area contributed by atoms with Crippen LogP contribution in [0.4, 0.5) is 9.80 Å². The van der Waals surface area contributed by atoms with Gasteiger partial charge in [0.1, 0.15) is 10.6 Å². The number of ether oxygens (including phenoxy) is 1. The third-order valence-corrected chi connectivity index (χ3v) is 4.77. The van der Waals surface area contributed by atoms with Gasteiger partial charge >= 0.3 is 6.09 Å². The van der Waals surface area contributed by atoms with Crippen LogP contribution in [0.3, 0.4) is 0 Å². The zero-order chi connectivity index (χ0) is 17.0. The quantitative estimate of drug-likeness (QED) is 0.601. The average Bonchev–Trinajstić information content (AvgIpc) is 2.87. The summed E-state index contributed by atoms with van der Waals surface area (Å²) < 4.78 is 5.24. The van der Waals surface area contributed by atoms with Crippen molar-refractivity contribution < 1.29 is 14.3 Å². The third kappa shape index (κ3) is 4.59. The summed E-state index contributed by atoms with van der Waals surface area (Å²) in [5.74, 6) is 0. The summed E-state index contributed by atoms with van der Waals surface area (Å²) in [6.07, 6.45) is 2.19. The predicted octanol–water partition coefficient (Wildman–Crippen LogP) is 5.30. The molecule has 1 amide bonds. The number of nitrogens with one attached hydrogen (secondary N) is 1. The molecule has 1 N–H and O–H groups in total. The van der Waals surface area contributed by atoms with Gasteiger partial charge in [0.25, 0.3) is 0 Å². The van der Waals surface area contributed by atoms with Crippen molar-refractivity contribution in [3.63, 3.8) is 0 Å². The van der Waals surface area contributed by atoms with Gasteiger partial charge < -0.3 is 4.74 Å². The van der Waals surface area contributed by atoms with Gasteiger partial charge in [-0.25, -0.2) is 4.79 Å². The highest BCUT2D eigenvalue weighted by Crippen LogP contribution is 2.38. The van der Waals surface area contributed by atoms with E-state index in [0.29, 0.717) is 10.6 Å². The van der Waals surface area contributed by atoms with Crippen LogP contribution in [0.5, 0.6) is 0 Å². The van der Waals surface area contributed by atoms with E-state index in [0.717, 1.165) is 21.6 Å². The molecule has 2 rings (SSSR count). The molecule has 122 valence electrons. The van der Waals surface area contributed by atoms with Crippen molar-refractivity contribution in [2.75, 3.05) is 11.6 Å². The molecule has 0 atom stereocenters. The molecular weight excluding hydrogens is 330 g/mol. The van der Waals surface area contributed by atoms with Crippen molar-refractivity contribution in [1.82, 2.24) is 0 Å². The van der Waals surface area contributed by atoms with Gasteiger partial charge in [-0.3, -0.25) is 10.1 Å². The molecule has 1 aromatic heterocycles. The lowest BCUT2D eigenvalue weighted by Gasteiger charge is -2.19. The van der Waals surface area contributed by atoms with E-state index in [9.17, 15) is 9.59 Å². The number of aldehydes is 1. The molecule has 0 spiro atoms. The number of hydrogen-bond acceptors (Lipinski definition) is 5. The first kappa shape index (κ1) is 17.6. The van der Waals surface area contributed by atoms with Crippen LogP contribution in [0.25, 0.3) is 10.4 Å². The standard InChI is InChI=1S/C17H19NO3S2/c1-17(2,3)21-16(20)18-15-11(10-19)9-14(23-15)12-7-5-6-8-13(12)22-4/h5-10H,1-4H3,(H,18,20). The topological polar surface area (TPSA) is 55.4 Å². The molecule has 1 heterocycles. The summed E-state index contributed by atoms with van der Waals surface area (Å²) in [5, 5.41) is 3.17. The fourth-order valence-electron chi connectivity index (χ4n) is 1.97. The number of carbonyl (C=O) groups excluding carboxylic acids is 2. The molecular formula is C17H19NO3S2. The predicted molar refractivity (Wildman–Crippen MR) is 96.8 cm³/mol. The first-order valence-corrected chi connectivity index (χ1v) is 9.10. The van der Waals surface area contributed by atoms with Crippen molar-refractivity contribution >= 4 is 40.5 Å². The Hall–Kier alpha value is -1.79. The number of carbonyl (C=O) groups is 2. The maximum atomic E-state index is 11.9. The SMILES string of the molecule is CSc1ccccc1-c1cc(C=O)c(NC(=O)OC(C)(C)C)s1. The average molecular weight is 349 g/mol. The van der Waals surface area contributed by atoms with Gasteiger partial charge in [-0.15, -0.1) is 23.1 Å². The highest BCUT2D eigenvalue weighted by atomic mass is 32.2. The van der Waals surface area contributed by atoms with Crippen molar-refractivity contribution in [2.45, 2.75) is 31.3 Å². The van der Waals surface area contributed by atoms with Crippen molar-refractivity contribution in [1.29, 1.82) is 0 Å². The van der Waals surface area contributed by atoms with Crippen LogP contribution in [0.2, 0.25) is 0 Å². The Morgan fingerprint density at radius 1 is 1.30 bits per heavy atom. The number of anilines is 1. The van der Waals surface area contributed by atoms with E-state index in [1.165, 1.54) is 11.3 Å². The Morgan fingerprint density at radius 2 is 2.00 bits per heavy atom. The van der Waals surface area contributed by atoms with Crippen molar-refractivity contribution in [3.05, 3.63) is 35.9 Å². The molecule has 1 aromatic carbocycles. The van der Waals surface area contributed by atoms with Gasteiger partial charge in [-0.1, -0.05) is 18.2 Å². The molecule has 0 radical (unpaired) electrons. The van der Waals surface area contributed by atoms with Gasteiger partial charge in [-0.05, 0) is 39.2 Å². The molecule has 23 heavy (non-hydrogen) atoms. The van der Waals surface area contributed by atoms with Crippen LogP contribution in [0, 0.1) is 0 Å². The largest absolute Gasteiger partial charge is 0.444 e. The highest BCUT2D eigenvalue weighted by Gasteiger charge is 2.19. The molecule has 0 bridgehead atoms. The Bertz CT molecular complexity index is 717. The minimum atomic E-state index is -0.586. The van der Waals surface area contributed by atoms with E-state index in [1.807, 2.05) is 30.5 Å². The van der Waals surface area contributed by atoms with E-state index in [4.69, 9.17) is 4.74 Å². The summed E-state index contributed by atoms with van der Waals surface area (Å²) in [4.78, 5) is 25.3. The second kappa shape index (κ2) is 7.19. The fraction of sp³-hybridized carbons (Fsp3) is 0.294. The van der Waals surface area contributed by atoms with Crippen LogP contribution in [0.1, 0.15) is 31.1 Å². The molecule has 0 aliphatic rings. The van der Waals surface area contributed by atoms with Crippen LogP contribution in [0.15, 0.2) is 35.2 Å². The molecule has 0 aliphatic carbocycles. The van der Waals surface area contributed by atoms with Gasteiger partial charge in [0.05, 0.1) is 0 Å². The van der Waals surface area contributed by atoms with E-state index in [1.54, 1.807) is 38.6 Å². The number of rotatable bonds is 4. The Morgan fingerprint density at radius 3 is 2.61 bits per heavy atom. The number of amides is 1. The lowest BCUT2D eigenvalue weighted by molar-refractivity contribution is 0.0636. The summed E-state index contributed by atoms with van der Waals surface area (Å²) in [7, 11) is 0. The highest BCUT2D eigenvalue weighted by molar-refractivity contribution is 7.98. The molecule has 0 saturated carbocycles. The minimum Gasteiger partial charge on any atom is -0.444 e. The number of hydrogen-bond donors (Lipinski definition) is 1. The maximum absolute atomic E-state index is 11.9. The normalized spacial score (nSPS) is 11.1. The zero-order valence-electron chi connectivity index (χ0n) is 13.5. The van der Waals surface area contributed by atoms with Gasteiger partial charge in [0, 0.05) is 20.9 Å². The number of thioether (sulfide) groups is 1. The number of thiophene rings is 1. The Labute approximate surface area is 144 Å². The van der Waals surface area contributed by atoms with Crippen LogP contribution in [-0.2, 0) is 4.74 Å².